The molecule has 0 radical (unpaired) electrons. The van der Waals surface area contributed by atoms with Crippen molar-refractivity contribution in [2.45, 2.75) is 32.7 Å². The average Bonchev–Trinajstić information content (AvgIpc) is 2.37. The molecule has 0 aliphatic rings. The van der Waals surface area contributed by atoms with Crippen LogP contribution in [0.25, 0.3) is 0 Å². The molecule has 1 aromatic carbocycles. The molecule has 0 heterocycles. The lowest BCUT2D eigenvalue weighted by atomic mass is 10.1. The highest BCUT2D eigenvalue weighted by Crippen LogP contribution is 2.04. The Labute approximate surface area is 112 Å². The van der Waals surface area contributed by atoms with Crippen LogP contribution >= 0.6 is 0 Å². The van der Waals surface area contributed by atoms with E-state index >= 15 is 0 Å². The topological polar surface area (TPSA) is 55.4 Å². The summed E-state index contributed by atoms with van der Waals surface area (Å²) < 4.78 is 17.5. The normalized spacial score (nSPS) is 11.7. The van der Waals surface area contributed by atoms with E-state index in [1.165, 1.54) is 24.3 Å². The Hall–Kier alpha value is -1.91. The summed E-state index contributed by atoms with van der Waals surface area (Å²) in [6, 6.07) is 5.11. The largest absolute Gasteiger partial charge is 0.441 e. The Balaban J connectivity index is 2.37. The standard InChI is InChI=1S/C14H18FNO3/c1-3-4-10(2)16-14(18)19-9-13(17)11-5-7-12(15)8-6-11/h5-8,10H,3-4,9H2,1-2H3,(H,16,18). The molecule has 0 fully saturated rings. The third-order valence-electron chi connectivity index (χ3n) is 2.59. The molecule has 0 saturated carbocycles. The molecule has 1 atom stereocenters. The summed E-state index contributed by atoms with van der Waals surface area (Å²) in [6.45, 7) is 3.53. The van der Waals surface area contributed by atoms with E-state index in [0.717, 1.165) is 12.8 Å². The van der Waals surface area contributed by atoms with E-state index in [1.807, 2.05) is 13.8 Å². The van der Waals surface area contributed by atoms with Crippen LogP contribution in [0.2, 0.25) is 0 Å². The van der Waals surface area contributed by atoms with Crippen LogP contribution in [0.15, 0.2) is 24.3 Å². The van der Waals surface area contributed by atoms with Crippen LogP contribution in [0.5, 0.6) is 0 Å². The summed E-state index contributed by atoms with van der Waals surface area (Å²) in [4.78, 5) is 23.0. The minimum absolute atomic E-state index is 0.0124. The van der Waals surface area contributed by atoms with Gasteiger partial charge in [-0.2, -0.15) is 0 Å². The molecule has 4 nitrogen and oxygen atoms in total. The zero-order valence-corrected chi connectivity index (χ0v) is 11.1. The van der Waals surface area contributed by atoms with E-state index in [1.54, 1.807) is 0 Å². The summed E-state index contributed by atoms with van der Waals surface area (Å²) in [5, 5.41) is 2.62. The van der Waals surface area contributed by atoms with Crippen LogP contribution < -0.4 is 5.32 Å². The number of hydrogen-bond acceptors (Lipinski definition) is 3. The van der Waals surface area contributed by atoms with Gasteiger partial charge in [-0.3, -0.25) is 4.79 Å². The molecule has 0 spiro atoms. The molecule has 0 aromatic heterocycles. The lowest BCUT2D eigenvalue weighted by Crippen LogP contribution is -2.34. The van der Waals surface area contributed by atoms with Gasteiger partial charge in [0.2, 0.25) is 0 Å². The van der Waals surface area contributed by atoms with Crippen molar-refractivity contribution in [3.05, 3.63) is 35.6 Å². The molecule has 1 aromatic rings. The molecule has 1 amide bonds. The van der Waals surface area contributed by atoms with Crippen molar-refractivity contribution in [1.82, 2.24) is 5.32 Å². The summed E-state index contributed by atoms with van der Waals surface area (Å²) >= 11 is 0. The van der Waals surface area contributed by atoms with Crippen LogP contribution in [0.1, 0.15) is 37.0 Å². The van der Waals surface area contributed by atoms with Gasteiger partial charge in [-0.05, 0) is 37.6 Å². The maximum absolute atomic E-state index is 12.7. The Morgan fingerprint density at radius 2 is 1.95 bits per heavy atom. The van der Waals surface area contributed by atoms with E-state index in [2.05, 4.69) is 5.32 Å². The summed E-state index contributed by atoms with van der Waals surface area (Å²) in [6.07, 6.45) is 1.19. The first-order valence-corrected chi connectivity index (χ1v) is 6.25. The second kappa shape index (κ2) is 7.51. The fourth-order valence-electron chi connectivity index (χ4n) is 1.60. The molecule has 5 heteroatoms. The van der Waals surface area contributed by atoms with Gasteiger partial charge < -0.3 is 10.1 Å². The maximum atomic E-state index is 12.7. The highest BCUT2D eigenvalue weighted by atomic mass is 19.1. The monoisotopic (exact) mass is 267 g/mol. The number of Topliss-reactive ketones (excluding diaryl/α,β-unsaturated/α-hetero) is 1. The van der Waals surface area contributed by atoms with E-state index < -0.39 is 11.9 Å². The molecular weight excluding hydrogens is 249 g/mol. The van der Waals surface area contributed by atoms with Crippen LogP contribution in [0, 0.1) is 5.82 Å². The number of alkyl carbamates (subject to hydrolysis) is 1. The van der Waals surface area contributed by atoms with Crippen LogP contribution in [-0.2, 0) is 4.74 Å². The molecule has 0 aliphatic carbocycles. The Morgan fingerprint density at radius 1 is 1.32 bits per heavy atom. The number of rotatable bonds is 6. The summed E-state index contributed by atoms with van der Waals surface area (Å²) in [7, 11) is 0. The SMILES string of the molecule is CCCC(C)NC(=O)OCC(=O)c1ccc(F)cc1. The van der Waals surface area contributed by atoms with E-state index in [0.29, 0.717) is 5.56 Å². The van der Waals surface area contributed by atoms with Crippen molar-refractivity contribution in [2.24, 2.45) is 0 Å². The number of nitrogens with one attached hydrogen (secondary N) is 1. The fourth-order valence-corrected chi connectivity index (χ4v) is 1.60. The predicted molar refractivity (Wildman–Crippen MR) is 69.6 cm³/mol. The van der Waals surface area contributed by atoms with Crippen molar-refractivity contribution in [1.29, 1.82) is 0 Å². The minimum atomic E-state index is -0.614. The molecule has 0 aliphatic heterocycles. The Kier molecular flexibility index (Phi) is 5.99. The third kappa shape index (κ3) is 5.50. The second-order valence-electron chi connectivity index (χ2n) is 4.34. The number of carbonyl (C=O) groups is 2. The number of hydrogen-bond donors (Lipinski definition) is 1. The van der Waals surface area contributed by atoms with Crippen molar-refractivity contribution >= 4 is 11.9 Å². The zero-order chi connectivity index (χ0) is 14.3. The van der Waals surface area contributed by atoms with Crippen molar-refractivity contribution < 1.29 is 18.7 Å². The molecule has 19 heavy (non-hydrogen) atoms. The number of ketones is 1. The summed E-state index contributed by atoms with van der Waals surface area (Å²) in [5.74, 6) is -0.776. The van der Waals surface area contributed by atoms with Gasteiger partial charge in [-0.25, -0.2) is 9.18 Å². The number of ether oxygens (including phenoxy) is 1. The first-order valence-electron chi connectivity index (χ1n) is 6.25. The van der Waals surface area contributed by atoms with Crippen LogP contribution in [0.3, 0.4) is 0 Å². The van der Waals surface area contributed by atoms with Gasteiger partial charge in [0.15, 0.2) is 12.4 Å². The number of carbonyl (C=O) groups excluding carboxylic acids is 2. The van der Waals surface area contributed by atoms with Gasteiger partial charge in [-0.1, -0.05) is 13.3 Å². The average molecular weight is 267 g/mol. The highest BCUT2D eigenvalue weighted by Gasteiger charge is 2.11. The van der Waals surface area contributed by atoms with Crippen molar-refractivity contribution in [3.8, 4) is 0 Å². The van der Waals surface area contributed by atoms with Crippen molar-refractivity contribution in [3.63, 3.8) is 0 Å². The molecule has 0 bridgehead atoms. The molecule has 1 rings (SSSR count). The van der Waals surface area contributed by atoms with Gasteiger partial charge in [0, 0.05) is 11.6 Å². The predicted octanol–water partition coefficient (Wildman–Crippen LogP) is 2.92. The fraction of sp³-hybridized carbons (Fsp3) is 0.429. The maximum Gasteiger partial charge on any atom is 0.407 e. The molecule has 1 N–H and O–H groups in total. The minimum Gasteiger partial charge on any atom is -0.441 e. The zero-order valence-electron chi connectivity index (χ0n) is 11.1. The summed E-state index contributed by atoms with van der Waals surface area (Å²) in [5.41, 5.74) is 0.316. The van der Waals surface area contributed by atoms with Crippen molar-refractivity contribution in [2.75, 3.05) is 6.61 Å². The third-order valence-corrected chi connectivity index (χ3v) is 2.59. The van der Waals surface area contributed by atoms with Crippen LogP contribution in [0.4, 0.5) is 9.18 Å². The number of halogens is 1. The first-order chi connectivity index (χ1) is 9.02. The Bertz CT molecular complexity index is 431. The molecule has 104 valence electrons. The van der Waals surface area contributed by atoms with E-state index in [-0.39, 0.29) is 18.4 Å². The Morgan fingerprint density at radius 3 is 2.53 bits per heavy atom. The molecular formula is C14H18FNO3. The smallest absolute Gasteiger partial charge is 0.407 e. The lowest BCUT2D eigenvalue weighted by molar-refractivity contribution is 0.0839. The van der Waals surface area contributed by atoms with Gasteiger partial charge in [-0.15, -0.1) is 0 Å². The number of benzene rings is 1. The lowest BCUT2D eigenvalue weighted by Gasteiger charge is -2.12. The second-order valence-corrected chi connectivity index (χ2v) is 4.34. The van der Waals surface area contributed by atoms with E-state index in [9.17, 15) is 14.0 Å². The highest BCUT2D eigenvalue weighted by molar-refractivity contribution is 5.97. The van der Waals surface area contributed by atoms with Gasteiger partial charge >= 0.3 is 6.09 Å². The molecule has 1 unspecified atom stereocenters. The van der Waals surface area contributed by atoms with Gasteiger partial charge in [0.1, 0.15) is 5.82 Å². The van der Waals surface area contributed by atoms with Gasteiger partial charge in [0.05, 0.1) is 0 Å². The molecule has 0 saturated heterocycles. The van der Waals surface area contributed by atoms with Crippen LogP contribution in [-0.4, -0.2) is 24.5 Å². The quantitative estimate of drug-likeness (QED) is 0.806. The number of amides is 1. The van der Waals surface area contributed by atoms with E-state index in [4.69, 9.17) is 4.74 Å². The first kappa shape index (κ1) is 15.1. The van der Waals surface area contributed by atoms with Gasteiger partial charge in [0.25, 0.3) is 0 Å².